The molecule has 0 saturated heterocycles. The second-order valence-corrected chi connectivity index (χ2v) is 6.88. The number of ether oxygens (including phenoxy) is 2. The fourth-order valence-electron chi connectivity index (χ4n) is 3.43. The molecule has 1 aromatic heterocycles. The van der Waals surface area contributed by atoms with Crippen molar-refractivity contribution in [2.45, 2.75) is 13.5 Å². The number of rotatable bonds is 6. The molecule has 0 aliphatic carbocycles. The first-order chi connectivity index (χ1) is 14.6. The fraction of sp³-hybridized carbons (Fsp3) is 0.167. The van der Waals surface area contributed by atoms with E-state index in [1.54, 1.807) is 14.0 Å². The van der Waals surface area contributed by atoms with Crippen LogP contribution >= 0.6 is 0 Å². The van der Waals surface area contributed by atoms with Gasteiger partial charge in [0.15, 0.2) is 6.61 Å². The third-order valence-electron chi connectivity index (χ3n) is 5.02. The van der Waals surface area contributed by atoms with Gasteiger partial charge in [-0.1, -0.05) is 54.6 Å². The lowest BCUT2D eigenvalue weighted by Crippen LogP contribution is -2.28. The molecule has 3 aromatic carbocycles. The highest BCUT2D eigenvalue weighted by molar-refractivity contribution is 6.08. The van der Waals surface area contributed by atoms with Gasteiger partial charge >= 0.3 is 5.97 Å². The smallest absolute Gasteiger partial charge is 0.375 e. The van der Waals surface area contributed by atoms with Crippen LogP contribution in [0.4, 0.5) is 0 Å². The number of hydrogen-bond donors (Lipinski definition) is 1. The lowest BCUT2D eigenvalue weighted by molar-refractivity contribution is -0.124. The molecule has 6 nitrogen and oxygen atoms in total. The minimum atomic E-state index is -0.666. The highest BCUT2D eigenvalue weighted by Crippen LogP contribution is 2.32. The first-order valence-corrected chi connectivity index (χ1v) is 9.55. The normalized spacial score (nSPS) is 10.9. The molecule has 0 atom stereocenters. The average Bonchev–Trinajstić information content (AvgIpc) is 3.13. The standard InChI is InChI=1S/C24H21NO5/c1-15-18-12-11-16-7-3-5-9-19(16)23(18)30-22(15)24(27)29-14-21(26)25-13-17-8-4-6-10-20(17)28-2/h3-12H,13-14H2,1-2H3,(H,25,26). The second kappa shape index (κ2) is 8.29. The van der Waals surface area contributed by atoms with Crippen molar-refractivity contribution < 1.29 is 23.5 Å². The topological polar surface area (TPSA) is 77.8 Å². The zero-order valence-corrected chi connectivity index (χ0v) is 16.7. The summed E-state index contributed by atoms with van der Waals surface area (Å²) in [5.74, 6) is -0.285. The van der Waals surface area contributed by atoms with Gasteiger partial charge < -0.3 is 19.2 Å². The number of amides is 1. The summed E-state index contributed by atoms with van der Waals surface area (Å²) in [7, 11) is 1.57. The molecule has 0 spiro atoms. The number of fused-ring (bicyclic) bond motifs is 3. The first-order valence-electron chi connectivity index (χ1n) is 9.55. The van der Waals surface area contributed by atoms with E-state index < -0.39 is 18.5 Å². The summed E-state index contributed by atoms with van der Waals surface area (Å²) in [6.45, 7) is 1.68. The molecule has 1 amide bonds. The molecule has 4 aromatic rings. The molecular weight excluding hydrogens is 382 g/mol. The van der Waals surface area contributed by atoms with Gasteiger partial charge in [0.05, 0.1) is 7.11 Å². The Kier molecular flexibility index (Phi) is 5.39. The number of benzene rings is 3. The maximum atomic E-state index is 12.5. The summed E-state index contributed by atoms with van der Waals surface area (Å²) in [4.78, 5) is 24.7. The van der Waals surface area contributed by atoms with E-state index in [-0.39, 0.29) is 12.3 Å². The largest absolute Gasteiger partial charge is 0.496 e. The van der Waals surface area contributed by atoms with Crippen LogP contribution in [0.3, 0.4) is 0 Å². The number of methoxy groups -OCH3 is 1. The van der Waals surface area contributed by atoms with E-state index in [0.717, 1.165) is 21.7 Å². The van der Waals surface area contributed by atoms with Gasteiger partial charge in [0.2, 0.25) is 5.76 Å². The molecule has 0 aliphatic rings. The van der Waals surface area contributed by atoms with Gasteiger partial charge in [-0.25, -0.2) is 4.79 Å². The molecule has 0 radical (unpaired) electrons. The van der Waals surface area contributed by atoms with Gasteiger partial charge in [-0.15, -0.1) is 0 Å². The van der Waals surface area contributed by atoms with Crippen LogP contribution in [-0.2, 0) is 16.1 Å². The highest BCUT2D eigenvalue weighted by Gasteiger charge is 2.21. The third kappa shape index (κ3) is 3.72. The predicted octanol–water partition coefficient (Wildman–Crippen LogP) is 4.38. The molecule has 0 fully saturated rings. The Morgan fingerprint density at radius 1 is 0.967 bits per heavy atom. The van der Waals surface area contributed by atoms with Crippen molar-refractivity contribution in [3.63, 3.8) is 0 Å². The molecule has 1 N–H and O–H groups in total. The number of hydrogen-bond acceptors (Lipinski definition) is 5. The van der Waals surface area contributed by atoms with Crippen LogP contribution in [-0.4, -0.2) is 25.6 Å². The Bertz CT molecular complexity index is 1240. The van der Waals surface area contributed by atoms with Crippen molar-refractivity contribution >= 4 is 33.6 Å². The second-order valence-electron chi connectivity index (χ2n) is 6.88. The van der Waals surface area contributed by atoms with Gasteiger partial charge in [-0.05, 0) is 18.4 Å². The summed E-state index contributed by atoms with van der Waals surface area (Å²) >= 11 is 0. The first kappa shape index (κ1) is 19.5. The number of carbonyl (C=O) groups is 2. The fourth-order valence-corrected chi connectivity index (χ4v) is 3.43. The van der Waals surface area contributed by atoms with Crippen molar-refractivity contribution in [2.75, 3.05) is 13.7 Å². The van der Waals surface area contributed by atoms with Crippen molar-refractivity contribution in [2.24, 2.45) is 0 Å². The van der Waals surface area contributed by atoms with Gasteiger partial charge in [0, 0.05) is 28.4 Å². The zero-order chi connectivity index (χ0) is 21.1. The zero-order valence-electron chi connectivity index (χ0n) is 16.7. The quantitative estimate of drug-likeness (QED) is 0.484. The summed E-state index contributed by atoms with van der Waals surface area (Å²) in [6, 6.07) is 19.1. The van der Waals surface area contributed by atoms with E-state index in [2.05, 4.69) is 5.32 Å². The lowest BCUT2D eigenvalue weighted by atomic mass is 10.1. The molecule has 0 aliphatic heterocycles. The minimum absolute atomic E-state index is 0.110. The summed E-state index contributed by atoms with van der Waals surface area (Å²) in [5, 5.41) is 5.51. The number of carbonyl (C=O) groups excluding carboxylic acids is 2. The Hall–Kier alpha value is -3.80. The van der Waals surface area contributed by atoms with Crippen LogP contribution in [0.1, 0.15) is 21.7 Å². The number of nitrogens with one attached hydrogen (secondary N) is 1. The van der Waals surface area contributed by atoms with Gasteiger partial charge in [0.25, 0.3) is 5.91 Å². The van der Waals surface area contributed by atoms with Crippen molar-refractivity contribution in [3.8, 4) is 5.75 Å². The van der Waals surface area contributed by atoms with E-state index in [9.17, 15) is 9.59 Å². The van der Waals surface area contributed by atoms with Crippen molar-refractivity contribution in [3.05, 3.63) is 77.6 Å². The van der Waals surface area contributed by atoms with E-state index in [1.807, 2.05) is 60.7 Å². The van der Waals surface area contributed by atoms with Crippen LogP contribution < -0.4 is 10.1 Å². The predicted molar refractivity (Wildman–Crippen MR) is 114 cm³/mol. The van der Waals surface area contributed by atoms with E-state index in [1.165, 1.54) is 0 Å². The number of para-hydroxylation sites is 1. The third-order valence-corrected chi connectivity index (χ3v) is 5.02. The number of furan rings is 1. The average molecular weight is 403 g/mol. The summed E-state index contributed by atoms with van der Waals surface area (Å²) < 4.78 is 16.3. The van der Waals surface area contributed by atoms with E-state index in [0.29, 0.717) is 16.9 Å². The van der Waals surface area contributed by atoms with Crippen molar-refractivity contribution in [1.29, 1.82) is 0 Å². The van der Waals surface area contributed by atoms with Crippen LogP contribution in [0.15, 0.2) is 65.1 Å². The molecule has 0 bridgehead atoms. The number of aryl methyl sites for hydroxylation is 1. The van der Waals surface area contributed by atoms with Crippen LogP contribution in [0.25, 0.3) is 21.7 Å². The minimum Gasteiger partial charge on any atom is -0.496 e. The van der Waals surface area contributed by atoms with Crippen LogP contribution in [0.5, 0.6) is 5.75 Å². The Balaban J connectivity index is 1.44. The van der Waals surface area contributed by atoms with Crippen LogP contribution in [0.2, 0.25) is 0 Å². The summed E-state index contributed by atoms with van der Waals surface area (Å²) in [5.41, 5.74) is 2.16. The van der Waals surface area contributed by atoms with Crippen LogP contribution in [0, 0.1) is 6.92 Å². The molecule has 4 rings (SSSR count). The molecular formula is C24H21NO5. The molecule has 1 heterocycles. The Morgan fingerprint density at radius 3 is 2.57 bits per heavy atom. The van der Waals surface area contributed by atoms with E-state index in [4.69, 9.17) is 13.9 Å². The Labute approximate surface area is 173 Å². The lowest BCUT2D eigenvalue weighted by Gasteiger charge is -2.09. The maximum absolute atomic E-state index is 12.5. The molecule has 152 valence electrons. The Morgan fingerprint density at radius 2 is 1.73 bits per heavy atom. The summed E-state index contributed by atoms with van der Waals surface area (Å²) in [6.07, 6.45) is 0. The highest BCUT2D eigenvalue weighted by atomic mass is 16.5. The maximum Gasteiger partial charge on any atom is 0.375 e. The molecule has 0 unspecified atom stereocenters. The van der Waals surface area contributed by atoms with Gasteiger partial charge in [-0.3, -0.25) is 4.79 Å². The van der Waals surface area contributed by atoms with E-state index >= 15 is 0 Å². The van der Waals surface area contributed by atoms with Gasteiger partial charge in [-0.2, -0.15) is 0 Å². The monoisotopic (exact) mass is 403 g/mol. The molecule has 0 saturated carbocycles. The van der Waals surface area contributed by atoms with Crippen molar-refractivity contribution in [1.82, 2.24) is 5.32 Å². The molecule has 30 heavy (non-hydrogen) atoms. The van der Waals surface area contributed by atoms with Gasteiger partial charge in [0.1, 0.15) is 11.3 Å². The molecule has 6 heteroatoms. The SMILES string of the molecule is COc1ccccc1CNC(=O)COC(=O)c1oc2c(ccc3ccccc32)c1C. The number of esters is 1.